The van der Waals surface area contributed by atoms with Gasteiger partial charge in [0.05, 0.1) is 14.2 Å². The standard InChI is InChI=1S/C26H35N5O2/c1-27-26(28-19-21-7-6-8-23(17-21)30-11-4-5-12-30)31-15-13-29(14-16-31)20-22-18-24(32-2)9-10-25(22)33-3/h4-10,17-18H,11-16,19-20H2,1-3H3,(H,27,28). The minimum atomic E-state index is 0.767. The van der Waals surface area contributed by atoms with Crippen molar-refractivity contribution in [3.63, 3.8) is 0 Å². The fourth-order valence-corrected chi connectivity index (χ4v) is 4.43. The molecular weight excluding hydrogens is 414 g/mol. The number of aliphatic imine (C=N–C) groups is 1. The highest BCUT2D eigenvalue weighted by atomic mass is 16.5. The molecule has 33 heavy (non-hydrogen) atoms. The molecule has 2 aliphatic rings. The van der Waals surface area contributed by atoms with E-state index in [1.54, 1.807) is 14.2 Å². The minimum Gasteiger partial charge on any atom is -0.497 e. The third kappa shape index (κ3) is 5.79. The van der Waals surface area contributed by atoms with Gasteiger partial charge in [0, 0.05) is 70.7 Å². The number of ether oxygens (including phenoxy) is 2. The Morgan fingerprint density at radius 1 is 0.970 bits per heavy atom. The molecule has 7 nitrogen and oxygen atoms in total. The number of hydrogen-bond acceptors (Lipinski definition) is 5. The van der Waals surface area contributed by atoms with E-state index in [1.807, 2.05) is 19.2 Å². The average molecular weight is 450 g/mol. The van der Waals surface area contributed by atoms with Crippen molar-refractivity contribution in [1.29, 1.82) is 0 Å². The number of nitrogens with one attached hydrogen (secondary N) is 1. The van der Waals surface area contributed by atoms with Gasteiger partial charge in [0.15, 0.2) is 5.96 Å². The van der Waals surface area contributed by atoms with E-state index in [-0.39, 0.29) is 0 Å². The third-order valence-electron chi connectivity index (χ3n) is 6.31. The third-order valence-corrected chi connectivity index (χ3v) is 6.31. The molecule has 176 valence electrons. The highest BCUT2D eigenvalue weighted by Crippen LogP contribution is 2.25. The maximum absolute atomic E-state index is 5.55. The lowest BCUT2D eigenvalue weighted by atomic mass is 10.1. The summed E-state index contributed by atoms with van der Waals surface area (Å²) < 4.78 is 10.9. The van der Waals surface area contributed by atoms with Crippen molar-refractivity contribution in [3.05, 3.63) is 65.7 Å². The molecule has 2 aliphatic heterocycles. The van der Waals surface area contributed by atoms with E-state index in [4.69, 9.17) is 9.47 Å². The number of benzene rings is 2. The monoisotopic (exact) mass is 449 g/mol. The molecule has 0 aliphatic carbocycles. The molecule has 0 unspecified atom stereocenters. The highest BCUT2D eigenvalue weighted by Gasteiger charge is 2.21. The van der Waals surface area contributed by atoms with E-state index >= 15 is 0 Å². The molecule has 0 aromatic heterocycles. The summed E-state index contributed by atoms with van der Waals surface area (Å²) in [5, 5.41) is 3.56. The number of methoxy groups -OCH3 is 2. The van der Waals surface area contributed by atoms with Gasteiger partial charge < -0.3 is 24.6 Å². The number of piperazine rings is 1. The number of anilines is 1. The molecule has 0 radical (unpaired) electrons. The zero-order valence-electron chi connectivity index (χ0n) is 20.0. The fraction of sp³-hybridized carbons (Fsp3) is 0.423. The van der Waals surface area contributed by atoms with Gasteiger partial charge in [0.2, 0.25) is 0 Å². The molecule has 0 saturated carbocycles. The van der Waals surface area contributed by atoms with Crippen LogP contribution in [0.25, 0.3) is 0 Å². The Morgan fingerprint density at radius 3 is 2.45 bits per heavy atom. The van der Waals surface area contributed by atoms with E-state index in [1.165, 1.54) is 11.3 Å². The summed E-state index contributed by atoms with van der Waals surface area (Å²) in [7, 11) is 5.28. The molecule has 1 fully saturated rings. The van der Waals surface area contributed by atoms with Gasteiger partial charge in [-0.15, -0.1) is 0 Å². The second-order valence-electron chi connectivity index (χ2n) is 8.39. The molecule has 4 rings (SSSR count). The first-order valence-electron chi connectivity index (χ1n) is 11.6. The quantitative estimate of drug-likeness (QED) is 0.399. The van der Waals surface area contributed by atoms with Crippen molar-refractivity contribution in [2.75, 3.05) is 65.4 Å². The minimum absolute atomic E-state index is 0.767. The molecule has 2 aromatic carbocycles. The number of rotatable bonds is 7. The molecule has 1 N–H and O–H groups in total. The maximum atomic E-state index is 5.55. The van der Waals surface area contributed by atoms with Gasteiger partial charge in [-0.3, -0.25) is 9.89 Å². The zero-order valence-corrected chi connectivity index (χ0v) is 20.0. The average Bonchev–Trinajstić information content (AvgIpc) is 3.41. The summed E-state index contributed by atoms with van der Waals surface area (Å²) in [5.41, 5.74) is 3.70. The highest BCUT2D eigenvalue weighted by molar-refractivity contribution is 5.80. The largest absolute Gasteiger partial charge is 0.497 e. The summed E-state index contributed by atoms with van der Waals surface area (Å²) >= 11 is 0. The number of nitrogens with zero attached hydrogens (tertiary/aromatic N) is 4. The first-order valence-corrected chi connectivity index (χ1v) is 11.6. The normalized spacial score (nSPS) is 16.9. The SMILES string of the molecule is CN=C(NCc1cccc(N2CC=CC2)c1)N1CCN(Cc2cc(OC)ccc2OC)CC1. The second kappa shape index (κ2) is 11.1. The van der Waals surface area contributed by atoms with Crippen LogP contribution in [0.3, 0.4) is 0 Å². The van der Waals surface area contributed by atoms with Crippen LogP contribution in [0.2, 0.25) is 0 Å². The molecule has 2 aromatic rings. The summed E-state index contributed by atoms with van der Waals surface area (Å²) in [4.78, 5) is 11.7. The van der Waals surface area contributed by atoms with E-state index in [2.05, 4.69) is 67.5 Å². The predicted molar refractivity (Wildman–Crippen MR) is 134 cm³/mol. The molecule has 0 atom stereocenters. The maximum Gasteiger partial charge on any atom is 0.194 e. The first-order chi connectivity index (χ1) is 16.2. The Labute approximate surface area is 197 Å². The van der Waals surface area contributed by atoms with Crippen LogP contribution >= 0.6 is 0 Å². The molecule has 0 spiro atoms. The first kappa shape index (κ1) is 23.0. The van der Waals surface area contributed by atoms with Crippen LogP contribution < -0.4 is 19.7 Å². The molecule has 7 heteroatoms. The molecule has 0 bridgehead atoms. The van der Waals surface area contributed by atoms with Crippen LogP contribution in [0.5, 0.6) is 11.5 Å². The lowest BCUT2D eigenvalue weighted by Crippen LogP contribution is -2.52. The Morgan fingerprint density at radius 2 is 1.76 bits per heavy atom. The van der Waals surface area contributed by atoms with E-state index in [0.717, 1.165) is 75.4 Å². The Hall–Kier alpha value is -3.19. The van der Waals surface area contributed by atoms with Crippen molar-refractivity contribution in [2.24, 2.45) is 4.99 Å². The van der Waals surface area contributed by atoms with Crippen LogP contribution in [-0.2, 0) is 13.1 Å². The lowest BCUT2D eigenvalue weighted by Gasteiger charge is -2.36. The van der Waals surface area contributed by atoms with Gasteiger partial charge in [-0.1, -0.05) is 24.3 Å². The Kier molecular flexibility index (Phi) is 7.73. The molecular formula is C26H35N5O2. The van der Waals surface area contributed by atoms with Crippen LogP contribution in [0.4, 0.5) is 5.69 Å². The number of hydrogen-bond donors (Lipinski definition) is 1. The summed E-state index contributed by atoms with van der Waals surface area (Å²) in [5.74, 6) is 2.73. The van der Waals surface area contributed by atoms with Gasteiger partial charge in [0.1, 0.15) is 11.5 Å². The van der Waals surface area contributed by atoms with Crippen molar-refractivity contribution in [3.8, 4) is 11.5 Å². The van der Waals surface area contributed by atoms with Crippen molar-refractivity contribution < 1.29 is 9.47 Å². The topological polar surface area (TPSA) is 52.6 Å². The summed E-state index contributed by atoms with van der Waals surface area (Å²) in [6.45, 7) is 7.41. The van der Waals surface area contributed by atoms with Crippen molar-refractivity contribution >= 4 is 11.6 Å². The van der Waals surface area contributed by atoms with Gasteiger partial charge >= 0.3 is 0 Å². The zero-order chi connectivity index (χ0) is 23.0. The Bertz CT molecular complexity index is 974. The van der Waals surface area contributed by atoms with Crippen LogP contribution in [0.15, 0.2) is 59.6 Å². The lowest BCUT2D eigenvalue weighted by molar-refractivity contribution is 0.171. The van der Waals surface area contributed by atoms with Crippen LogP contribution in [-0.4, -0.2) is 76.3 Å². The van der Waals surface area contributed by atoms with Crippen molar-refractivity contribution in [1.82, 2.24) is 15.1 Å². The second-order valence-corrected chi connectivity index (χ2v) is 8.39. The molecule has 1 saturated heterocycles. The van der Waals surface area contributed by atoms with Gasteiger partial charge in [-0.05, 0) is 35.9 Å². The summed E-state index contributed by atoms with van der Waals surface area (Å²) in [6.07, 6.45) is 4.44. The predicted octanol–water partition coefficient (Wildman–Crippen LogP) is 2.97. The fourth-order valence-electron chi connectivity index (χ4n) is 4.43. The molecule has 0 amide bonds. The van der Waals surface area contributed by atoms with Gasteiger partial charge in [-0.2, -0.15) is 0 Å². The summed E-state index contributed by atoms with van der Waals surface area (Å²) in [6, 6.07) is 14.7. The van der Waals surface area contributed by atoms with E-state index in [9.17, 15) is 0 Å². The number of guanidine groups is 1. The smallest absolute Gasteiger partial charge is 0.194 e. The van der Waals surface area contributed by atoms with E-state index < -0.39 is 0 Å². The van der Waals surface area contributed by atoms with Gasteiger partial charge in [-0.25, -0.2) is 0 Å². The van der Waals surface area contributed by atoms with Crippen LogP contribution in [0, 0.1) is 0 Å². The van der Waals surface area contributed by atoms with E-state index in [0.29, 0.717) is 0 Å². The Balaban J connectivity index is 1.29. The molecule has 2 heterocycles. The van der Waals surface area contributed by atoms with Crippen LogP contribution in [0.1, 0.15) is 11.1 Å². The van der Waals surface area contributed by atoms with Gasteiger partial charge in [0.25, 0.3) is 0 Å². The van der Waals surface area contributed by atoms with Crippen molar-refractivity contribution in [2.45, 2.75) is 13.1 Å².